The maximum Gasteiger partial charge on any atom is 0.327 e. The molecule has 1 atom stereocenters. The van der Waals surface area contributed by atoms with Crippen LogP contribution in [0.4, 0.5) is 4.79 Å². The number of hydrogen-bond donors (Lipinski definition) is 0. The number of aryl methyl sites for hydroxylation is 1. The smallest absolute Gasteiger partial charge is 0.327 e. The predicted molar refractivity (Wildman–Crippen MR) is 89.0 cm³/mol. The summed E-state index contributed by atoms with van der Waals surface area (Å²) in [4.78, 5) is 27.3. The first kappa shape index (κ1) is 16.7. The van der Waals surface area contributed by atoms with Crippen molar-refractivity contribution in [3.05, 3.63) is 41.7 Å². The highest BCUT2D eigenvalue weighted by Crippen LogP contribution is 2.23. The molecule has 2 aromatic rings. The zero-order valence-corrected chi connectivity index (χ0v) is 14.1. The lowest BCUT2D eigenvalue weighted by atomic mass is 10.1. The number of benzene rings is 1. The van der Waals surface area contributed by atoms with Crippen LogP contribution in [0, 0.1) is 24.2 Å². The van der Waals surface area contributed by atoms with Crippen LogP contribution in [0.15, 0.2) is 34.9 Å². The van der Waals surface area contributed by atoms with E-state index in [0.29, 0.717) is 18.0 Å². The summed E-state index contributed by atoms with van der Waals surface area (Å²) in [6, 6.07) is 11.1. The lowest BCUT2D eigenvalue weighted by molar-refractivity contribution is -0.134. The Bertz CT molecular complexity index is 835. The van der Waals surface area contributed by atoms with Crippen LogP contribution < -0.4 is 0 Å². The van der Waals surface area contributed by atoms with Crippen molar-refractivity contribution in [3.63, 3.8) is 0 Å². The average Bonchev–Trinajstić information content (AvgIpc) is 3.08. The van der Waals surface area contributed by atoms with Crippen LogP contribution in [-0.4, -0.2) is 40.0 Å². The highest BCUT2D eigenvalue weighted by Gasteiger charge is 2.39. The number of carbonyl (C=O) groups excluding carboxylic acids is 2. The van der Waals surface area contributed by atoms with E-state index < -0.39 is 17.9 Å². The molecule has 1 unspecified atom stereocenters. The van der Waals surface area contributed by atoms with Crippen LogP contribution in [0.25, 0.3) is 11.3 Å². The van der Waals surface area contributed by atoms with Crippen molar-refractivity contribution in [1.82, 2.24) is 15.0 Å². The summed E-state index contributed by atoms with van der Waals surface area (Å²) < 4.78 is 5.29. The van der Waals surface area contributed by atoms with Gasteiger partial charge < -0.3 is 9.42 Å². The second kappa shape index (κ2) is 6.77. The molecule has 7 heteroatoms. The lowest BCUT2D eigenvalue weighted by Gasteiger charge is -2.35. The van der Waals surface area contributed by atoms with E-state index >= 15 is 0 Å². The maximum atomic E-state index is 12.4. The Balaban J connectivity index is 1.81. The number of hydrogen-bond acceptors (Lipinski definition) is 5. The van der Waals surface area contributed by atoms with E-state index in [1.807, 2.05) is 44.2 Å². The molecular weight excluding hydrogens is 320 g/mol. The van der Waals surface area contributed by atoms with Gasteiger partial charge in [-0.15, -0.1) is 0 Å². The first-order valence-corrected chi connectivity index (χ1v) is 8.06. The molecule has 1 aromatic heterocycles. The van der Waals surface area contributed by atoms with Gasteiger partial charge in [0.15, 0.2) is 5.76 Å². The fraction of sp³-hybridized carbons (Fsp3) is 0.333. The number of aromatic nitrogens is 1. The van der Waals surface area contributed by atoms with E-state index in [0.717, 1.165) is 16.0 Å². The van der Waals surface area contributed by atoms with Crippen molar-refractivity contribution in [3.8, 4) is 17.3 Å². The van der Waals surface area contributed by atoms with E-state index in [4.69, 9.17) is 9.78 Å². The number of carbonyl (C=O) groups is 2. The topological polar surface area (TPSA) is 90.4 Å². The Hall–Kier alpha value is -3.14. The van der Waals surface area contributed by atoms with Crippen molar-refractivity contribution in [2.45, 2.75) is 20.4 Å². The van der Waals surface area contributed by atoms with Gasteiger partial charge in [-0.3, -0.25) is 9.69 Å². The highest BCUT2D eigenvalue weighted by atomic mass is 16.5. The first-order valence-electron chi connectivity index (χ1n) is 8.06. The van der Waals surface area contributed by atoms with Gasteiger partial charge in [0, 0.05) is 24.7 Å². The van der Waals surface area contributed by atoms with Gasteiger partial charge in [0.05, 0.1) is 12.6 Å². The minimum Gasteiger partial charge on any atom is -0.359 e. The van der Waals surface area contributed by atoms with Gasteiger partial charge >= 0.3 is 6.03 Å². The van der Waals surface area contributed by atoms with Crippen molar-refractivity contribution in [1.29, 1.82) is 5.26 Å². The van der Waals surface area contributed by atoms with Crippen LogP contribution in [0.1, 0.15) is 18.2 Å². The molecule has 128 valence electrons. The minimum absolute atomic E-state index is 0.0365. The molecular formula is C18H18N4O3. The second-order valence-electron chi connectivity index (χ2n) is 5.97. The number of amides is 3. The molecule has 2 heterocycles. The maximum absolute atomic E-state index is 12.4. The van der Waals surface area contributed by atoms with E-state index in [1.165, 1.54) is 4.90 Å². The fourth-order valence-electron chi connectivity index (χ4n) is 2.74. The van der Waals surface area contributed by atoms with Crippen molar-refractivity contribution >= 4 is 11.9 Å². The van der Waals surface area contributed by atoms with Crippen LogP contribution in [-0.2, 0) is 11.3 Å². The third kappa shape index (κ3) is 3.24. The molecule has 1 aliphatic rings. The van der Waals surface area contributed by atoms with E-state index in [-0.39, 0.29) is 13.1 Å². The van der Waals surface area contributed by atoms with Gasteiger partial charge in [0.1, 0.15) is 11.6 Å². The van der Waals surface area contributed by atoms with Gasteiger partial charge in [-0.1, -0.05) is 35.0 Å². The fourth-order valence-corrected chi connectivity index (χ4v) is 2.74. The monoisotopic (exact) mass is 338 g/mol. The van der Waals surface area contributed by atoms with E-state index in [9.17, 15) is 9.59 Å². The zero-order chi connectivity index (χ0) is 18.0. The van der Waals surface area contributed by atoms with Gasteiger partial charge in [-0.2, -0.15) is 5.26 Å². The van der Waals surface area contributed by atoms with Crippen molar-refractivity contribution in [2.24, 2.45) is 5.92 Å². The molecule has 1 saturated heterocycles. The summed E-state index contributed by atoms with van der Waals surface area (Å²) in [5, 5.41) is 13.2. The van der Waals surface area contributed by atoms with Crippen LogP contribution >= 0.6 is 0 Å². The lowest BCUT2D eigenvalue weighted by Crippen LogP contribution is -2.55. The molecule has 7 nitrogen and oxygen atoms in total. The van der Waals surface area contributed by atoms with Gasteiger partial charge in [0.25, 0.3) is 0 Å². The van der Waals surface area contributed by atoms with Gasteiger partial charge in [-0.25, -0.2) is 4.79 Å². The van der Waals surface area contributed by atoms with Crippen LogP contribution in [0.3, 0.4) is 0 Å². The summed E-state index contributed by atoms with van der Waals surface area (Å²) in [5.41, 5.74) is 2.66. The van der Waals surface area contributed by atoms with E-state index in [1.54, 1.807) is 6.07 Å². The number of imide groups is 1. The van der Waals surface area contributed by atoms with Crippen LogP contribution in [0.2, 0.25) is 0 Å². The van der Waals surface area contributed by atoms with Crippen molar-refractivity contribution < 1.29 is 14.1 Å². The Morgan fingerprint density at radius 3 is 2.68 bits per heavy atom. The molecule has 0 radical (unpaired) electrons. The predicted octanol–water partition coefficient (Wildman–Crippen LogP) is 2.57. The normalized spacial score (nSPS) is 17.7. The molecule has 0 aliphatic carbocycles. The molecule has 0 N–H and O–H groups in total. The molecule has 1 aliphatic heterocycles. The highest BCUT2D eigenvalue weighted by molar-refractivity contribution is 5.99. The molecule has 25 heavy (non-hydrogen) atoms. The van der Waals surface area contributed by atoms with Crippen molar-refractivity contribution in [2.75, 3.05) is 13.1 Å². The standard InChI is InChI=1S/C18H18N4O3/c1-3-21-10-14(9-19)17(23)22(18(21)24)11-15-8-16(20-25-15)13-6-4-12(2)5-7-13/h4-8,14H,3,10-11H2,1-2H3. The van der Waals surface area contributed by atoms with E-state index in [2.05, 4.69) is 5.16 Å². The molecule has 1 fully saturated rings. The number of nitrogens with zero attached hydrogens (tertiary/aromatic N) is 4. The minimum atomic E-state index is -0.850. The third-order valence-electron chi connectivity index (χ3n) is 4.23. The summed E-state index contributed by atoms with van der Waals surface area (Å²) in [7, 11) is 0. The average molecular weight is 338 g/mol. The Labute approximate surface area is 145 Å². The Morgan fingerprint density at radius 1 is 1.32 bits per heavy atom. The third-order valence-corrected chi connectivity index (χ3v) is 4.23. The number of rotatable bonds is 4. The summed E-state index contributed by atoms with van der Waals surface area (Å²) in [6.45, 7) is 4.34. The zero-order valence-electron chi connectivity index (χ0n) is 14.1. The molecule has 0 saturated carbocycles. The van der Waals surface area contributed by atoms with Crippen LogP contribution in [0.5, 0.6) is 0 Å². The van der Waals surface area contributed by atoms with Gasteiger partial charge in [0.2, 0.25) is 5.91 Å². The summed E-state index contributed by atoms with van der Waals surface area (Å²) >= 11 is 0. The molecule has 3 rings (SSSR count). The molecule has 1 aromatic carbocycles. The Kier molecular flexibility index (Phi) is 4.52. The SMILES string of the molecule is CCN1CC(C#N)C(=O)N(Cc2cc(-c3ccc(C)cc3)no2)C1=O. The Morgan fingerprint density at radius 2 is 2.04 bits per heavy atom. The number of urea groups is 1. The summed E-state index contributed by atoms with van der Waals surface area (Å²) in [5.74, 6) is -0.949. The summed E-state index contributed by atoms with van der Waals surface area (Å²) in [6.07, 6.45) is 0. The largest absolute Gasteiger partial charge is 0.359 e. The first-order chi connectivity index (χ1) is 12.0. The molecule has 0 bridgehead atoms. The second-order valence-corrected chi connectivity index (χ2v) is 5.97. The number of nitriles is 1. The molecule has 3 amide bonds. The molecule has 0 spiro atoms. The quantitative estimate of drug-likeness (QED) is 0.854. The van der Waals surface area contributed by atoms with Gasteiger partial charge in [-0.05, 0) is 13.8 Å².